The van der Waals surface area contributed by atoms with Gasteiger partial charge in [-0.15, -0.1) is 0 Å². The van der Waals surface area contributed by atoms with Gasteiger partial charge in [0.05, 0.1) is 0 Å². The highest BCUT2D eigenvalue weighted by Crippen LogP contribution is 2.17. The maximum Gasteiger partial charge on any atom is 0.287 e. The summed E-state index contributed by atoms with van der Waals surface area (Å²) in [5, 5.41) is 2.89. The van der Waals surface area contributed by atoms with E-state index in [-0.39, 0.29) is 18.0 Å². The van der Waals surface area contributed by atoms with Gasteiger partial charge in [0, 0.05) is 31.5 Å². The molecular formula is C9H14N4O. The third-order valence-electron chi connectivity index (χ3n) is 2.53. The van der Waals surface area contributed by atoms with Crippen molar-refractivity contribution in [1.82, 2.24) is 14.9 Å². The molecule has 2 rings (SSSR count). The number of aromatic nitrogens is 2. The van der Waals surface area contributed by atoms with Crippen molar-refractivity contribution in [2.75, 3.05) is 0 Å². The molecule has 0 radical (unpaired) electrons. The zero-order chi connectivity index (χ0) is 10.1. The quantitative estimate of drug-likeness (QED) is 0.675. The van der Waals surface area contributed by atoms with Gasteiger partial charge >= 0.3 is 0 Å². The van der Waals surface area contributed by atoms with Crippen molar-refractivity contribution in [3.05, 3.63) is 18.2 Å². The highest BCUT2D eigenvalue weighted by Gasteiger charge is 2.28. The number of nitrogens with two attached hydrogens (primary N) is 1. The summed E-state index contributed by atoms with van der Waals surface area (Å²) in [7, 11) is 1.80. The first-order chi connectivity index (χ1) is 6.66. The van der Waals surface area contributed by atoms with Gasteiger partial charge in [0.1, 0.15) is 0 Å². The van der Waals surface area contributed by atoms with Crippen molar-refractivity contribution in [2.24, 2.45) is 12.8 Å². The number of aryl methyl sites for hydroxylation is 1. The largest absolute Gasteiger partial charge is 0.347 e. The van der Waals surface area contributed by atoms with Crippen LogP contribution in [-0.2, 0) is 7.05 Å². The second kappa shape index (κ2) is 3.42. The smallest absolute Gasteiger partial charge is 0.287 e. The minimum atomic E-state index is -0.116. The average Bonchev–Trinajstić information content (AvgIpc) is 2.48. The molecule has 1 aliphatic rings. The van der Waals surface area contributed by atoms with Gasteiger partial charge in [0.15, 0.2) is 5.82 Å². The summed E-state index contributed by atoms with van der Waals surface area (Å²) in [6.07, 6.45) is 5.11. The Balaban J connectivity index is 1.93. The van der Waals surface area contributed by atoms with E-state index in [1.807, 2.05) is 0 Å². The summed E-state index contributed by atoms with van der Waals surface area (Å²) >= 11 is 0. The van der Waals surface area contributed by atoms with Crippen LogP contribution in [0.25, 0.3) is 0 Å². The van der Waals surface area contributed by atoms with Crippen molar-refractivity contribution < 1.29 is 4.79 Å². The second-order valence-corrected chi connectivity index (χ2v) is 3.76. The van der Waals surface area contributed by atoms with Crippen LogP contribution in [0.5, 0.6) is 0 Å². The van der Waals surface area contributed by atoms with Gasteiger partial charge < -0.3 is 15.6 Å². The fourth-order valence-electron chi connectivity index (χ4n) is 1.61. The Bertz CT molecular complexity index is 340. The number of nitrogens with one attached hydrogen (secondary N) is 1. The highest BCUT2D eigenvalue weighted by atomic mass is 16.2. The van der Waals surface area contributed by atoms with E-state index < -0.39 is 0 Å². The molecular weight excluding hydrogens is 180 g/mol. The summed E-state index contributed by atoms with van der Waals surface area (Å²) in [6.45, 7) is 0. The van der Waals surface area contributed by atoms with Crippen LogP contribution in [-0.4, -0.2) is 27.5 Å². The molecule has 3 N–H and O–H groups in total. The Labute approximate surface area is 82.3 Å². The number of rotatable bonds is 2. The summed E-state index contributed by atoms with van der Waals surface area (Å²) in [6, 6.07) is 0.482. The highest BCUT2D eigenvalue weighted by molar-refractivity contribution is 5.91. The van der Waals surface area contributed by atoms with Gasteiger partial charge in [-0.1, -0.05) is 0 Å². The summed E-state index contributed by atoms with van der Waals surface area (Å²) in [4.78, 5) is 15.6. The van der Waals surface area contributed by atoms with Crippen molar-refractivity contribution in [3.63, 3.8) is 0 Å². The molecule has 0 bridgehead atoms. The number of nitrogens with zero attached hydrogens (tertiary/aromatic N) is 2. The SMILES string of the molecule is Cn1ccnc1C(=O)NC1CC(N)C1. The Morgan fingerprint density at radius 2 is 2.43 bits per heavy atom. The second-order valence-electron chi connectivity index (χ2n) is 3.76. The van der Waals surface area contributed by atoms with Gasteiger partial charge in [-0.25, -0.2) is 4.98 Å². The number of imidazole rings is 1. The topological polar surface area (TPSA) is 72.9 Å². The van der Waals surface area contributed by atoms with Crippen LogP contribution >= 0.6 is 0 Å². The molecule has 1 aromatic rings. The molecule has 1 fully saturated rings. The van der Waals surface area contributed by atoms with E-state index >= 15 is 0 Å². The van der Waals surface area contributed by atoms with Crippen molar-refractivity contribution in [3.8, 4) is 0 Å². The van der Waals surface area contributed by atoms with E-state index in [0.717, 1.165) is 12.8 Å². The van der Waals surface area contributed by atoms with E-state index in [0.29, 0.717) is 5.82 Å². The van der Waals surface area contributed by atoms with Crippen LogP contribution in [0, 0.1) is 0 Å². The molecule has 5 heteroatoms. The Kier molecular flexibility index (Phi) is 2.25. The van der Waals surface area contributed by atoms with Crippen LogP contribution in [0.2, 0.25) is 0 Å². The first-order valence-electron chi connectivity index (χ1n) is 4.70. The maximum absolute atomic E-state index is 11.6. The molecule has 1 saturated carbocycles. The molecule has 0 spiro atoms. The molecule has 1 aromatic heterocycles. The monoisotopic (exact) mass is 194 g/mol. The van der Waals surface area contributed by atoms with Crippen LogP contribution in [0.1, 0.15) is 23.5 Å². The zero-order valence-electron chi connectivity index (χ0n) is 8.10. The maximum atomic E-state index is 11.6. The molecule has 5 nitrogen and oxygen atoms in total. The number of carbonyl (C=O) groups excluding carboxylic acids is 1. The van der Waals surface area contributed by atoms with Crippen LogP contribution in [0.4, 0.5) is 0 Å². The molecule has 0 unspecified atom stereocenters. The molecule has 1 amide bonds. The van der Waals surface area contributed by atoms with Crippen LogP contribution < -0.4 is 11.1 Å². The fourth-order valence-corrected chi connectivity index (χ4v) is 1.61. The molecule has 0 atom stereocenters. The van der Waals surface area contributed by atoms with Crippen molar-refractivity contribution in [2.45, 2.75) is 24.9 Å². The summed E-state index contributed by atoms with van der Waals surface area (Å²) in [5.41, 5.74) is 5.62. The van der Waals surface area contributed by atoms with Gasteiger partial charge in [-0.3, -0.25) is 4.79 Å². The number of hydrogen-bond acceptors (Lipinski definition) is 3. The lowest BCUT2D eigenvalue weighted by Crippen LogP contribution is -2.50. The third kappa shape index (κ3) is 1.63. The summed E-state index contributed by atoms with van der Waals surface area (Å²) < 4.78 is 1.70. The Morgan fingerprint density at radius 1 is 1.71 bits per heavy atom. The Morgan fingerprint density at radius 3 is 2.93 bits per heavy atom. The fraction of sp³-hybridized carbons (Fsp3) is 0.556. The van der Waals surface area contributed by atoms with Crippen LogP contribution in [0.3, 0.4) is 0 Å². The number of carbonyl (C=O) groups is 1. The molecule has 0 aliphatic heterocycles. The predicted molar refractivity (Wildman–Crippen MR) is 51.7 cm³/mol. The zero-order valence-corrected chi connectivity index (χ0v) is 8.10. The van der Waals surface area contributed by atoms with Crippen molar-refractivity contribution >= 4 is 5.91 Å². The van der Waals surface area contributed by atoms with E-state index in [9.17, 15) is 4.79 Å². The normalized spacial score (nSPS) is 25.6. The lowest BCUT2D eigenvalue weighted by Gasteiger charge is -2.32. The standard InChI is InChI=1S/C9H14N4O/c1-13-3-2-11-8(13)9(14)12-7-4-6(10)5-7/h2-3,6-7H,4-5,10H2,1H3,(H,12,14). The lowest BCUT2D eigenvalue weighted by atomic mass is 9.88. The third-order valence-corrected chi connectivity index (χ3v) is 2.53. The Hall–Kier alpha value is -1.36. The van der Waals surface area contributed by atoms with E-state index in [4.69, 9.17) is 5.73 Å². The molecule has 0 saturated heterocycles. The van der Waals surface area contributed by atoms with E-state index in [2.05, 4.69) is 10.3 Å². The molecule has 76 valence electrons. The van der Waals surface area contributed by atoms with Crippen LogP contribution in [0.15, 0.2) is 12.4 Å². The van der Waals surface area contributed by atoms with Gasteiger partial charge in [0.2, 0.25) is 0 Å². The number of amides is 1. The average molecular weight is 194 g/mol. The molecule has 0 aromatic carbocycles. The first-order valence-corrected chi connectivity index (χ1v) is 4.70. The van der Waals surface area contributed by atoms with Gasteiger partial charge in [0.25, 0.3) is 5.91 Å². The van der Waals surface area contributed by atoms with Crippen molar-refractivity contribution in [1.29, 1.82) is 0 Å². The van der Waals surface area contributed by atoms with E-state index in [1.165, 1.54) is 0 Å². The first kappa shape index (κ1) is 9.21. The number of hydrogen-bond donors (Lipinski definition) is 2. The van der Waals surface area contributed by atoms with Gasteiger partial charge in [-0.2, -0.15) is 0 Å². The minimum absolute atomic E-state index is 0.116. The molecule has 1 aliphatic carbocycles. The summed E-state index contributed by atoms with van der Waals surface area (Å²) in [5.74, 6) is 0.333. The van der Waals surface area contributed by atoms with E-state index in [1.54, 1.807) is 24.0 Å². The minimum Gasteiger partial charge on any atom is -0.347 e. The van der Waals surface area contributed by atoms with Gasteiger partial charge in [-0.05, 0) is 12.8 Å². The molecule has 14 heavy (non-hydrogen) atoms. The lowest BCUT2D eigenvalue weighted by molar-refractivity contribution is 0.0896. The predicted octanol–water partition coefficient (Wildman–Crippen LogP) is -0.360. The molecule has 1 heterocycles.